The van der Waals surface area contributed by atoms with Gasteiger partial charge in [-0.3, -0.25) is 4.79 Å². The number of carbonyl (C=O) groups is 1. The fourth-order valence-corrected chi connectivity index (χ4v) is 9.06. The van der Waals surface area contributed by atoms with Gasteiger partial charge < -0.3 is 59.9 Å². The van der Waals surface area contributed by atoms with Gasteiger partial charge in [0.25, 0.3) is 0 Å². The summed E-state index contributed by atoms with van der Waals surface area (Å²) in [4.78, 5) is 48.1. The summed E-state index contributed by atoms with van der Waals surface area (Å²) in [6, 6.07) is 25.3. The van der Waals surface area contributed by atoms with E-state index < -0.39 is 0 Å². The number of nitrogens with zero attached hydrogens (tertiary/aromatic N) is 14. The van der Waals surface area contributed by atoms with Crippen LogP contribution in [0.1, 0.15) is 48.9 Å². The van der Waals surface area contributed by atoms with E-state index in [4.69, 9.17) is 30.2 Å². The van der Waals surface area contributed by atoms with Gasteiger partial charge in [0.15, 0.2) is 11.6 Å². The number of carbonyl (C=O) groups excluding carboxylic acids is 1. The number of pyridine rings is 2. The van der Waals surface area contributed by atoms with E-state index in [2.05, 4.69) is 99.1 Å². The highest BCUT2D eigenvalue weighted by atomic mass is 16.5. The molecule has 0 atom stereocenters. The van der Waals surface area contributed by atoms with E-state index in [1.807, 2.05) is 82.4 Å². The summed E-state index contributed by atoms with van der Waals surface area (Å²) in [6.45, 7) is 6.64. The number of hydrogen-bond acceptors (Lipinski definition) is 18. The molecule has 0 unspecified atom stereocenters. The number of nitriles is 2. The van der Waals surface area contributed by atoms with Gasteiger partial charge in [-0.15, -0.1) is 0 Å². The smallest absolute Gasteiger partial charge is 0.247 e. The van der Waals surface area contributed by atoms with Crippen molar-refractivity contribution in [3.8, 4) is 46.4 Å². The zero-order valence-corrected chi connectivity index (χ0v) is 45.2. The standard InChI is InChI=1S/C30H33N9O2.C27H31N9O/c1-6-26(40)33-23-15-24(29(41-5)36-28(23)38(4)14-13-37(2)3)34-30-32-17-19(16-31)27(35-30)22-18-39(20-11-12-20)25-10-8-7-9-21(22)25;1-34(2)11-12-35(3)25-21(29)13-22(26(33-25)37-4)31-27-30-15-17(14-28)24(32-27)20-16-36(18-9-10-18)23-8-6-5-7-19(20)23/h6-10,15,17-18,20H,1,11-14H2,2-5H3,(H,33,40)(H,32,34,35);5-8,13,15-16,18H,9-12,29H2,1-4H3,(H,30,31,32). The molecule has 2 saturated carbocycles. The molecule has 1 amide bonds. The van der Waals surface area contributed by atoms with Crippen LogP contribution in [0, 0.1) is 22.7 Å². The van der Waals surface area contributed by atoms with E-state index in [1.165, 1.54) is 19.4 Å². The zero-order chi connectivity index (χ0) is 55.2. The minimum absolute atomic E-state index is 0.261. The molecule has 21 nitrogen and oxygen atoms in total. The van der Waals surface area contributed by atoms with E-state index >= 15 is 0 Å². The Morgan fingerprint density at radius 1 is 0.679 bits per heavy atom. The van der Waals surface area contributed by atoms with E-state index in [9.17, 15) is 15.3 Å². The van der Waals surface area contributed by atoms with Crippen LogP contribution in [0.4, 0.5) is 46.3 Å². The summed E-state index contributed by atoms with van der Waals surface area (Å²) in [5.41, 5.74) is 14.3. The molecule has 2 aromatic carbocycles. The highest BCUT2D eigenvalue weighted by molar-refractivity contribution is 6.02. The summed E-state index contributed by atoms with van der Waals surface area (Å²) in [5, 5.41) is 31.1. The number of rotatable bonds is 20. The molecule has 0 spiro atoms. The van der Waals surface area contributed by atoms with Gasteiger partial charge in [0.1, 0.15) is 23.5 Å². The molecule has 6 aromatic heterocycles. The highest BCUT2D eigenvalue weighted by Crippen LogP contribution is 2.44. The number of likely N-dealkylation sites (N-methyl/N-ethyl adjacent to an activating group) is 4. The monoisotopic (exact) mass is 1050 g/mol. The van der Waals surface area contributed by atoms with Gasteiger partial charge in [-0.2, -0.15) is 20.5 Å². The minimum Gasteiger partial charge on any atom is -0.479 e. The molecule has 10 rings (SSSR count). The fourth-order valence-electron chi connectivity index (χ4n) is 9.06. The van der Waals surface area contributed by atoms with Gasteiger partial charge in [0, 0.05) is 97.7 Å². The van der Waals surface area contributed by atoms with Crippen LogP contribution in [0.5, 0.6) is 11.8 Å². The lowest BCUT2D eigenvalue weighted by atomic mass is 10.1. The Kier molecular flexibility index (Phi) is 16.0. The molecular formula is C57H64N18O3. The number of nitrogens with two attached hydrogens (primary N) is 1. The Balaban J connectivity index is 0.000000191. The van der Waals surface area contributed by atoms with Crippen LogP contribution in [-0.2, 0) is 4.79 Å². The molecule has 0 saturated heterocycles. The fraction of sp³-hybridized carbons (Fsp3) is 0.316. The second kappa shape index (κ2) is 23.3. The molecule has 0 radical (unpaired) electrons. The number of amides is 1. The SMILES string of the molecule is C=CC(=O)Nc1cc(Nc2ncc(C#N)c(-c3cn(C4CC4)c4ccccc34)n2)c(OC)nc1N(C)CCN(C)C.COc1nc(N(C)CCN(C)C)c(N)cc1Nc1ncc(C#N)c(-c2cn(C3CC3)c3ccccc23)n1. The van der Waals surface area contributed by atoms with Crippen molar-refractivity contribution < 1.29 is 14.3 Å². The van der Waals surface area contributed by atoms with Crippen LogP contribution in [-0.4, -0.2) is 137 Å². The molecule has 2 aliphatic rings. The quantitative estimate of drug-likeness (QED) is 0.0522. The van der Waals surface area contributed by atoms with Crippen LogP contribution in [0.25, 0.3) is 44.3 Å². The lowest BCUT2D eigenvalue weighted by molar-refractivity contribution is -0.111. The van der Waals surface area contributed by atoms with Crippen molar-refractivity contribution in [2.24, 2.45) is 0 Å². The maximum atomic E-state index is 12.3. The summed E-state index contributed by atoms with van der Waals surface area (Å²) in [6.07, 6.45) is 13.0. The van der Waals surface area contributed by atoms with Crippen molar-refractivity contribution >= 4 is 74.0 Å². The molecular weight excluding hydrogens is 985 g/mol. The Labute approximate surface area is 453 Å². The second-order valence-electron chi connectivity index (χ2n) is 19.8. The molecule has 8 aromatic rings. The number of nitrogens with one attached hydrogen (secondary N) is 3. The maximum Gasteiger partial charge on any atom is 0.247 e. The first-order chi connectivity index (χ1) is 37.7. The topological polar surface area (TPSA) is 245 Å². The van der Waals surface area contributed by atoms with Gasteiger partial charge in [-0.25, -0.2) is 19.9 Å². The molecule has 0 aliphatic heterocycles. The first kappa shape index (κ1) is 53.5. The number of ether oxygens (including phenoxy) is 2. The normalized spacial score (nSPS) is 12.9. The lowest BCUT2D eigenvalue weighted by Crippen LogP contribution is -2.30. The third-order valence-electron chi connectivity index (χ3n) is 13.5. The third kappa shape index (κ3) is 11.7. The largest absolute Gasteiger partial charge is 0.479 e. The molecule has 78 heavy (non-hydrogen) atoms. The zero-order valence-electron chi connectivity index (χ0n) is 45.2. The first-order valence-corrected chi connectivity index (χ1v) is 25.6. The Hall–Kier alpha value is -9.31. The molecule has 0 bridgehead atoms. The van der Waals surface area contributed by atoms with E-state index in [0.717, 1.165) is 78.3 Å². The Morgan fingerprint density at radius 3 is 1.56 bits per heavy atom. The van der Waals surface area contributed by atoms with Crippen molar-refractivity contribution in [1.82, 2.24) is 48.8 Å². The number of aromatic nitrogens is 8. The average Bonchev–Trinajstić information content (AvgIpc) is 4.58. The first-order valence-electron chi connectivity index (χ1n) is 25.6. The minimum atomic E-state index is -0.367. The van der Waals surface area contributed by atoms with E-state index in [0.29, 0.717) is 93.2 Å². The summed E-state index contributed by atoms with van der Waals surface area (Å²) in [5.74, 6) is 2.07. The van der Waals surface area contributed by atoms with Crippen LogP contribution in [0.15, 0.2) is 98.1 Å². The molecule has 2 aliphatic carbocycles. The number of fused-ring (bicyclic) bond motifs is 2. The molecule has 5 N–H and O–H groups in total. The Bertz CT molecular complexity index is 3600. The van der Waals surface area contributed by atoms with Gasteiger partial charge in [0.05, 0.1) is 60.5 Å². The molecule has 6 heterocycles. The number of hydrogen-bond donors (Lipinski definition) is 4. The van der Waals surface area contributed by atoms with Gasteiger partial charge in [0.2, 0.25) is 29.6 Å². The van der Waals surface area contributed by atoms with Crippen molar-refractivity contribution in [2.45, 2.75) is 37.8 Å². The average molecular weight is 1050 g/mol. The van der Waals surface area contributed by atoms with Crippen molar-refractivity contribution in [2.75, 3.05) is 114 Å². The molecule has 400 valence electrons. The van der Waals surface area contributed by atoms with Gasteiger partial charge >= 0.3 is 0 Å². The van der Waals surface area contributed by atoms with Gasteiger partial charge in [-0.05, 0) is 84.2 Å². The molecule has 21 heteroatoms. The van der Waals surface area contributed by atoms with Crippen LogP contribution >= 0.6 is 0 Å². The lowest BCUT2D eigenvalue weighted by Gasteiger charge is -2.24. The van der Waals surface area contributed by atoms with Crippen LogP contribution in [0.2, 0.25) is 0 Å². The van der Waals surface area contributed by atoms with E-state index in [1.54, 1.807) is 25.4 Å². The summed E-state index contributed by atoms with van der Waals surface area (Å²) in [7, 11) is 15.0. The highest BCUT2D eigenvalue weighted by Gasteiger charge is 2.29. The number of benzene rings is 2. The Morgan fingerprint density at radius 2 is 1.13 bits per heavy atom. The van der Waals surface area contributed by atoms with E-state index in [-0.39, 0.29) is 11.9 Å². The molecule has 2 fully saturated rings. The summed E-state index contributed by atoms with van der Waals surface area (Å²) >= 11 is 0. The number of methoxy groups -OCH3 is 2. The predicted molar refractivity (Wildman–Crippen MR) is 307 cm³/mol. The third-order valence-corrected chi connectivity index (χ3v) is 13.5. The van der Waals surface area contributed by atoms with Crippen molar-refractivity contribution in [3.63, 3.8) is 0 Å². The van der Waals surface area contributed by atoms with Crippen molar-refractivity contribution in [3.05, 3.63) is 109 Å². The predicted octanol–water partition coefficient (Wildman–Crippen LogP) is 8.61. The number of nitrogen functional groups attached to an aromatic ring is 1. The van der Waals surface area contributed by atoms with Crippen molar-refractivity contribution in [1.29, 1.82) is 10.5 Å². The maximum absolute atomic E-state index is 12.3. The number of anilines is 8. The summed E-state index contributed by atoms with van der Waals surface area (Å²) < 4.78 is 15.7. The van der Waals surface area contributed by atoms with Crippen LogP contribution < -0.4 is 41.0 Å². The number of para-hydroxylation sites is 2. The van der Waals surface area contributed by atoms with Crippen LogP contribution in [0.3, 0.4) is 0 Å². The second-order valence-corrected chi connectivity index (χ2v) is 19.8. The van der Waals surface area contributed by atoms with Gasteiger partial charge in [-0.1, -0.05) is 43.0 Å².